The Balaban J connectivity index is 3.32. The summed E-state index contributed by atoms with van der Waals surface area (Å²) in [6.45, 7) is 1.67. The second kappa shape index (κ2) is 5.75. The number of ether oxygens (including phenoxy) is 1. The molecule has 0 bridgehead atoms. The third-order valence-corrected chi connectivity index (χ3v) is 3.85. The molecule has 0 fully saturated rings. The molecule has 0 amide bonds. The summed E-state index contributed by atoms with van der Waals surface area (Å²) in [5.41, 5.74) is 1.12. The van der Waals surface area contributed by atoms with Crippen LogP contribution in [-0.2, 0) is 21.5 Å². The van der Waals surface area contributed by atoms with E-state index < -0.39 is 27.5 Å². The quantitative estimate of drug-likeness (QED) is 0.605. The van der Waals surface area contributed by atoms with Crippen LogP contribution in [0, 0.1) is 6.92 Å². The van der Waals surface area contributed by atoms with Crippen molar-refractivity contribution in [3.63, 3.8) is 0 Å². The van der Waals surface area contributed by atoms with Crippen LogP contribution in [0.3, 0.4) is 0 Å². The summed E-state index contributed by atoms with van der Waals surface area (Å²) < 4.78 is 27.2. The van der Waals surface area contributed by atoms with Gasteiger partial charge in [0.2, 0.25) is 0 Å². The number of hydrogen-bond acceptors (Lipinski definition) is 3. The van der Waals surface area contributed by atoms with E-state index in [4.69, 9.17) is 24.3 Å². The molecule has 0 atom stereocenters. The zero-order valence-corrected chi connectivity index (χ0v) is 12.3. The first-order chi connectivity index (χ1) is 8.52. The van der Waals surface area contributed by atoms with Gasteiger partial charge in [-0.05, 0) is 6.92 Å². The van der Waals surface area contributed by atoms with E-state index in [1.807, 2.05) is 0 Å². The van der Waals surface area contributed by atoms with Crippen molar-refractivity contribution in [3.05, 3.63) is 28.8 Å². The van der Waals surface area contributed by atoms with Crippen LogP contribution < -0.4 is 4.74 Å². The molecule has 1 rings (SSSR count). The van der Waals surface area contributed by atoms with Crippen molar-refractivity contribution < 1.29 is 33.4 Å². The fraction of sp³-hybridized carbons (Fsp3) is 0.400. The molecule has 0 heterocycles. The van der Waals surface area contributed by atoms with Gasteiger partial charge in [-0.3, -0.25) is 9.13 Å². The summed E-state index contributed by atoms with van der Waals surface area (Å²) in [5.74, 6) is 0.109. The molecular weight excluding hydrogens is 294 g/mol. The van der Waals surface area contributed by atoms with E-state index in [-0.39, 0.29) is 16.9 Å². The first-order valence-corrected chi connectivity index (χ1v) is 8.87. The standard InChI is InChI=1S/C10H16O7P2/c1-7-3-8(5-18(11,12)13)10(17-2)9(4-7)6-19(14,15)16/h3-4H,5-6H2,1-2H3,(H2,11,12,13)(H2,14,15,16). The number of aryl methyl sites for hydroxylation is 1. The van der Waals surface area contributed by atoms with Gasteiger partial charge in [0.1, 0.15) is 5.75 Å². The van der Waals surface area contributed by atoms with E-state index in [1.54, 1.807) is 6.92 Å². The lowest BCUT2D eigenvalue weighted by molar-refractivity contribution is 0.366. The minimum atomic E-state index is -4.29. The lowest BCUT2D eigenvalue weighted by Crippen LogP contribution is -2.00. The third kappa shape index (κ3) is 5.45. The Hall–Kier alpha value is -0.680. The third-order valence-electron chi connectivity index (χ3n) is 2.34. The van der Waals surface area contributed by atoms with Crippen LogP contribution in [0.1, 0.15) is 16.7 Å². The fourth-order valence-corrected chi connectivity index (χ4v) is 3.23. The van der Waals surface area contributed by atoms with Crippen LogP contribution >= 0.6 is 15.2 Å². The Morgan fingerprint density at radius 1 is 1.00 bits per heavy atom. The molecule has 1 aromatic carbocycles. The maximum absolute atomic E-state index is 11.1. The van der Waals surface area contributed by atoms with Gasteiger partial charge in [0.05, 0.1) is 19.4 Å². The number of methoxy groups -OCH3 is 1. The molecule has 1 aromatic rings. The van der Waals surface area contributed by atoms with Crippen molar-refractivity contribution in [1.82, 2.24) is 0 Å². The molecule has 0 aliphatic rings. The summed E-state index contributed by atoms with van der Waals surface area (Å²) in [5, 5.41) is 0. The highest BCUT2D eigenvalue weighted by atomic mass is 31.2. The molecule has 7 nitrogen and oxygen atoms in total. The molecule has 4 N–H and O–H groups in total. The summed E-state index contributed by atoms with van der Waals surface area (Å²) in [4.78, 5) is 36.0. The molecule has 0 aliphatic carbocycles. The van der Waals surface area contributed by atoms with E-state index in [2.05, 4.69) is 0 Å². The van der Waals surface area contributed by atoms with Crippen molar-refractivity contribution >= 4 is 15.2 Å². The van der Waals surface area contributed by atoms with E-state index in [1.165, 1.54) is 19.2 Å². The van der Waals surface area contributed by atoms with E-state index in [0.717, 1.165) is 0 Å². The van der Waals surface area contributed by atoms with Gasteiger partial charge in [0.25, 0.3) is 0 Å². The van der Waals surface area contributed by atoms with Crippen molar-refractivity contribution in [2.75, 3.05) is 7.11 Å². The van der Waals surface area contributed by atoms with Crippen molar-refractivity contribution in [1.29, 1.82) is 0 Å². The first kappa shape index (κ1) is 16.4. The van der Waals surface area contributed by atoms with Crippen LogP contribution in [-0.4, -0.2) is 26.7 Å². The Labute approximate surface area is 110 Å². The van der Waals surface area contributed by atoms with Crippen LogP contribution in [0.4, 0.5) is 0 Å². The largest absolute Gasteiger partial charge is 0.496 e. The average Bonchev–Trinajstić information content (AvgIpc) is 2.11. The molecular formula is C10H16O7P2. The molecule has 108 valence electrons. The number of rotatable bonds is 5. The van der Waals surface area contributed by atoms with Crippen molar-refractivity contribution in [2.45, 2.75) is 19.2 Å². The van der Waals surface area contributed by atoms with Gasteiger partial charge in [-0.1, -0.05) is 17.7 Å². The molecule has 19 heavy (non-hydrogen) atoms. The lowest BCUT2D eigenvalue weighted by atomic mass is 10.1. The minimum absolute atomic E-state index is 0.109. The molecule has 0 radical (unpaired) electrons. The normalized spacial score (nSPS) is 12.5. The first-order valence-electron chi connectivity index (χ1n) is 5.27. The van der Waals surface area contributed by atoms with Crippen LogP contribution in [0.15, 0.2) is 12.1 Å². The van der Waals surface area contributed by atoms with Crippen LogP contribution in [0.25, 0.3) is 0 Å². The van der Waals surface area contributed by atoms with Gasteiger partial charge in [0.15, 0.2) is 0 Å². The zero-order chi connectivity index (χ0) is 14.8. The SMILES string of the molecule is COc1c(CP(=O)(O)O)cc(C)cc1CP(=O)(O)O. The highest BCUT2D eigenvalue weighted by Gasteiger charge is 2.23. The molecule has 0 saturated heterocycles. The number of hydrogen-bond donors (Lipinski definition) is 4. The Kier molecular flexibility index (Phi) is 4.96. The van der Waals surface area contributed by atoms with Crippen molar-refractivity contribution in [3.8, 4) is 5.75 Å². The Bertz CT molecular complexity index is 512. The van der Waals surface area contributed by atoms with Gasteiger partial charge in [-0.15, -0.1) is 0 Å². The predicted molar refractivity (Wildman–Crippen MR) is 69.2 cm³/mol. The fourth-order valence-electron chi connectivity index (χ4n) is 1.87. The number of benzene rings is 1. The lowest BCUT2D eigenvalue weighted by Gasteiger charge is -2.16. The highest BCUT2D eigenvalue weighted by molar-refractivity contribution is 7.51. The molecule has 0 spiro atoms. The topological polar surface area (TPSA) is 124 Å². The monoisotopic (exact) mass is 310 g/mol. The van der Waals surface area contributed by atoms with Gasteiger partial charge in [-0.25, -0.2) is 0 Å². The zero-order valence-electron chi connectivity index (χ0n) is 10.5. The molecule has 0 unspecified atom stereocenters. The van der Waals surface area contributed by atoms with Crippen LogP contribution in [0.2, 0.25) is 0 Å². The molecule has 0 aromatic heterocycles. The van der Waals surface area contributed by atoms with E-state index in [0.29, 0.717) is 5.56 Å². The Morgan fingerprint density at radius 2 is 1.37 bits per heavy atom. The maximum Gasteiger partial charge on any atom is 0.330 e. The highest BCUT2D eigenvalue weighted by Crippen LogP contribution is 2.46. The van der Waals surface area contributed by atoms with Gasteiger partial charge < -0.3 is 24.3 Å². The van der Waals surface area contributed by atoms with Crippen molar-refractivity contribution in [2.24, 2.45) is 0 Å². The second-order valence-corrected chi connectivity index (χ2v) is 7.55. The van der Waals surface area contributed by atoms with E-state index in [9.17, 15) is 9.13 Å². The molecule has 0 saturated carbocycles. The molecule has 0 aliphatic heterocycles. The van der Waals surface area contributed by atoms with Gasteiger partial charge in [-0.2, -0.15) is 0 Å². The second-order valence-electron chi connectivity index (χ2n) is 4.26. The summed E-state index contributed by atoms with van der Waals surface area (Å²) in [6, 6.07) is 3.06. The predicted octanol–water partition coefficient (Wildman–Crippen LogP) is 1.36. The summed E-state index contributed by atoms with van der Waals surface area (Å²) in [6.07, 6.45) is -1.07. The Morgan fingerprint density at radius 3 is 1.63 bits per heavy atom. The molecule has 9 heteroatoms. The maximum atomic E-state index is 11.1. The van der Waals surface area contributed by atoms with Gasteiger partial charge in [0, 0.05) is 11.1 Å². The summed E-state index contributed by atoms with van der Waals surface area (Å²) in [7, 11) is -7.30. The van der Waals surface area contributed by atoms with Crippen LogP contribution in [0.5, 0.6) is 5.75 Å². The average molecular weight is 310 g/mol. The van der Waals surface area contributed by atoms with E-state index >= 15 is 0 Å². The van der Waals surface area contributed by atoms with Gasteiger partial charge >= 0.3 is 15.2 Å². The smallest absolute Gasteiger partial charge is 0.330 e. The summed E-state index contributed by atoms with van der Waals surface area (Å²) >= 11 is 0. The minimum Gasteiger partial charge on any atom is -0.496 e.